The Morgan fingerprint density at radius 1 is 1.50 bits per heavy atom. The van der Waals surface area contributed by atoms with Gasteiger partial charge < -0.3 is 4.42 Å². The van der Waals surface area contributed by atoms with Crippen molar-refractivity contribution in [2.75, 3.05) is 0 Å². The molecule has 0 aromatic carbocycles. The van der Waals surface area contributed by atoms with Crippen LogP contribution in [0.25, 0.3) is 6.08 Å². The van der Waals surface area contributed by atoms with E-state index < -0.39 is 5.92 Å². The molecule has 1 fully saturated rings. The molecule has 1 atom stereocenters. The first-order valence-corrected chi connectivity index (χ1v) is 7.70. The highest BCUT2D eigenvalue weighted by atomic mass is 32.2. The van der Waals surface area contributed by atoms with E-state index in [1.807, 2.05) is 6.92 Å². The van der Waals surface area contributed by atoms with Crippen LogP contribution in [0.15, 0.2) is 27.7 Å². The second-order valence-electron chi connectivity index (χ2n) is 4.18. The van der Waals surface area contributed by atoms with E-state index in [4.69, 9.17) is 9.83 Å². The number of carbonyl (C=O) groups excluding carboxylic acids is 1. The van der Waals surface area contributed by atoms with Gasteiger partial charge in [-0.05, 0) is 24.6 Å². The van der Waals surface area contributed by atoms with Gasteiger partial charge in [-0.3, -0.25) is 10.2 Å². The molecular formula is C13H11N3O2S2. The molecule has 5 nitrogen and oxygen atoms in total. The Morgan fingerprint density at radius 3 is 3.00 bits per heavy atom. The first-order chi connectivity index (χ1) is 9.69. The van der Waals surface area contributed by atoms with E-state index in [-0.39, 0.29) is 5.78 Å². The van der Waals surface area contributed by atoms with Crippen molar-refractivity contribution in [3.05, 3.63) is 39.1 Å². The maximum atomic E-state index is 12.4. The van der Waals surface area contributed by atoms with E-state index >= 15 is 0 Å². The highest BCUT2D eigenvalue weighted by molar-refractivity contribution is 8.19. The zero-order valence-electron chi connectivity index (χ0n) is 10.6. The van der Waals surface area contributed by atoms with Crippen LogP contribution >= 0.6 is 23.1 Å². The summed E-state index contributed by atoms with van der Waals surface area (Å²) >= 11 is 2.57. The minimum Gasteiger partial charge on any atom is -0.465 e. The Balaban J connectivity index is 1.91. The molecule has 102 valence electrons. The van der Waals surface area contributed by atoms with Gasteiger partial charge in [0, 0.05) is 0 Å². The van der Waals surface area contributed by atoms with Crippen LogP contribution < -0.4 is 0 Å². The number of ketones is 1. The monoisotopic (exact) mass is 305 g/mol. The van der Waals surface area contributed by atoms with Crippen molar-refractivity contribution in [3.8, 4) is 0 Å². The molecule has 0 aliphatic carbocycles. The number of allylic oxidation sites excluding steroid dienone is 1. The van der Waals surface area contributed by atoms with Gasteiger partial charge >= 0.3 is 0 Å². The third-order valence-corrected chi connectivity index (χ3v) is 4.96. The Kier molecular flexibility index (Phi) is 3.54. The summed E-state index contributed by atoms with van der Waals surface area (Å²) in [5.74, 6) is -0.0879. The summed E-state index contributed by atoms with van der Waals surface area (Å²) in [5, 5.41) is 17.9. The third kappa shape index (κ3) is 2.34. The van der Waals surface area contributed by atoms with Gasteiger partial charge in [-0.25, -0.2) is 0 Å². The van der Waals surface area contributed by atoms with Gasteiger partial charge in [-0.15, -0.1) is 21.5 Å². The Labute approximate surface area is 123 Å². The van der Waals surface area contributed by atoms with Crippen molar-refractivity contribution in [1.82, 2.24) is 10.2 Å². The molecule has 0 amide bonds. The zero-order chi connectivity index (χ0) is 14.1. The highest BCUT2D eigenvalue weighted by Gasteiger charge is 2.39. The van der Waals surface area contributed by atoms with E-state index in [9.17, 15) is 4.79 Å². The maximum Gasteiger partial charge on any atom is 0.186 e. The zero-order valence-corrected chi connectivity index (χ0v) is 12.3. The first kappa shape index (κ1) is 13.3. The van der Waals surface area contributed by atoms with Crippen molar-refractivity contribution in [3.63, 3.8) is 0 Å². The number of nitrogens with zero attached hydrogens (tertiary/aromatic N) is 2. The fourth-order valence-corrected chi connectivity index (χ4v) is 3.78. The summed E-state index contributed by atoms with van der Waals surface area (Å²) in [7, 11) is 0. The van der Waals surface area contributed by atoms with Crippen LogP contribution in [0.3, 0.4) is 0 Å². The van der Waals surface area contributed by atoms with Gasteiger partial charge in [0.25, 0.3) is 0 Å². The number of Topliss-reactive ketones (excluding diaryl/α,β-unsaturated/α-hetero) is 1. The van der Waals surface area contributed by atoms with Crippen LogP contribution in [0.2, 0.25) is 0 Å². The lowest BCUT2D eigenvalue weighted by molar-refractivity contribution is -0.114. The van der Waals surface area contributed by atoms with Crippen molar-refractivity contribution in [2.24, 2.45) is 0 Å². The molecule has 20 heavy (non-hydrogen) atoms. The van der Waals surface area contributed by atoms with E-state index in [2.05, 4.69) is 10.2 Å². The lowest BCUT2D eigenvalue weighted by Crippen LogP contribution is -2.11. The summed E-state index contributed by atoms with van der Waals surface area (Å²) in [4.78, 5) is 12.9. The molecule has 0 bridgehead atoms. The van der Waals surface area contributed by atoms with Gasteiger partial charge in [-0.2, -0.15) is 0 Å². The van der Waals surface area contributed by atoms with Crippen LogP contribution in [0, 0.1) is 5.41 Å². The van der Waals surface area contributed by atoms with Crippen LogP contribution in [0.5, 0.6) is 0 Å². The minimum absolute atomic E-state index is 0.102. The van der Waals surface area contributed by atoms with E-state index in [0.29, 0.717) is 20.7 Å². The summed E-state index contributed by atoms with van der Waals surface area (Å²) < 4.78 is 5.20. The van der Waals surface area contributed by atoms with Gasteiger partial charge in [0.05, 0.1) is 16.2 Å². The molecule has 2 aromatic rings. The Morgan fingerprint density at radius 2 is 2.35 bits per heavy atom. The van der Waals surface area contributed by atoms with E-state index in [1.54, 1.807) is 24.5 Å². The Hall–Kier alpha value is -1.73. The molecular weight excluding hydrogens is 294 g/mol. The van der Waals surface area contributed by atoms with E-state index in [0.717, 1.165) is 11.4 Å². The molecule has 0 saturated carbocycles. The molecule has 0 radical (unpaired) electrons. The third-order valence-electron chi connectivity index (χ3n) is 2.84. The summed E-state index contributed by atoms with van der Waals surface area (Å²) in [6.45, 7) is 1.99. The predicted octanol–water partition coefficient (Wildman–Crippen LogP) is 3.11. The van der Waals surface area contributed by atoms with Crippen molar-refractivity contribution in [1.29, 1.82) is 5.41 Å². The van der Waals surface area contributed by atoms with Crippen LogP contribution in [0.1, 0.15) is 28.6 Å². The van der Waals surface area contributed by atoms with Crippen LogP contribution in [0.4, 0.5) is 0 Å². The molecule has 7 heteroatoms. The van der Waals surface area contributed by atoms with E-state index in [1.165, 1.54) is 23.1 Å². The molecule has 0 spiro atoms. The average molecular weight is 305 g/mol. The van der Waals surface area contributed by atoms with Gasteiger partial charge in [0.1, 0.15) is 21.7 Å². The average Bonchev–Trinajstić information content (AvgIpc) is 3.13. The lowest BCUT2D eigenvalue weighted by Gasteiger charge is -2.00. The standard InChI is InChI=1S/C13H11N3O2S2/c1-2-9-15-16-13(20-9)10-11(17)8(19-12(10)14)6-7-4-3-5-18-7/h3-6,10,14H,2H2,1H3/b8-6-,14-12?/t10-/m1/s1. The molecule has 3 heterocycles. The molecule has 3 rings (SSSR count). The number of hydrogen-bond donors (Lipinski definition) is 1. The summed E-state index contributed by atoms with van der Waals surface area (Å²) in [6.07, 6.45) is 4.01. The maximum absolute atomic E-state index is 12.4. The molecule has 0 unspecified atom stereocenters. The number of carbonyl (C=O) groups is 1. The van der Waals surface area contributed by atoms with Gasteiger partial charge in [0.2, 0.25) is 0 Å². The summed E-state index contributed by atoms with van der Waals surface area (Å²) in [6, 6.07) is 3.54. The quantitative estimate of drug-likeness (QED) is 0.881. The topological polar surface area (TPSA) is 79.8 Å². The fourth-order valence-electron chi connectivity index (χ4n) is 1.84. The van der Waals surface area contributed by atoms with Crippen molar-refractivity contribution >= 4 is 40.0 Å². The molecule has 1 aliphatic rings. The first-order valence-electron chi connectivity index (χ1n) is 6.07. The number of nitrogens with one attached hydrogen (secondary N) is 1. The number of hydrogen-bond acceptors (Lipinski definition) is 7. The minimum atomic E-state index is -0.598. The van der Waals surface area contributed by atoms with Gasteiger partial charge in [0.15, 0.2) is 5.78 Å². The fraction of sp³-hybridized carbons (Fsp3) is 0.231. The SMILES string of the molecule is CCc1nnc([C@H]2C(=N)S/C(=C\c3ccco3)C2=O)s1. The second kappa shape index (κ2) is 5.34. The number of aromatic nitrogens is 2. The predicted molar refractivity (Wildman–Crippen MR) is 79.0 cm³/mol. The molecule has 1 saturated heterocycles. The number of aryl methyl sites for hydroxylation is 1. The number of furan rings is 1. The smallest absolute Gasteiger partial charge is 0.186 e. The van der Waals surface area contributed by atoms with Crippen LogP contribution in [-0.4, -0.2) is 21.0 Å². The second-order valence-corrected chi connectivity index (χ2v) is 6.35. The molecule has 1 aliphatic heterocycles. The largest absolute Gasteiger partial charge is 0.465 e. The van der Waals surface area contributed by atoms with Crippen molar-refractivity contribution in [2.45, 2.75) is 19.3 Å². The van der Waals surface area contributed by atoms with Crippen molar-refractivity contribution < 1.29 is 9.21 Å². The van der Waals surface area contributed by atoms with Gasteiger partial charge in [-0.1, -0.05) is 18.7 Å². The Bertz CT molecular complexity index is 688. The number of rotatable bonds is 3. The number of thioether (sulfide) groups is 1. The molecule has 1 N–H and O–H groups in total. The van der Waals surface area contributed by atoms with Crippen LogP contribution in [-0.2, 0) is 11.2 Å². The molecule has 2 aromatic heterocycles. The lowest BCUT2D eigenvalue weighted by atomic mass is 10.1. The normalized spacial score (nSPS) is 21.1. The summed E-state index contributed by atoms with van der Waals surface area (Å²) in [5.41, 5.74) is 0. The highest BCUT2D eigenvalue weighted by Crippen LogP contribution is 2.41.